The molecule has 0 aliphatic heterocycles. The Balaban J connectivity index is 1.07. The summed E-state index contributed by atoms with van der Waals surface area (Å²) in [5, 5.41) is 0. The van der Waals surface area contributed by atoms with Crippen molar-refractivity contribution >= 4 is 0 Å². The van der Waals surface area contributed by atoms with Crippen molar-refractivity contribution in [3.05, 3.63) is 119 Å². The highest BCUT2D eigenvalue weighted by Gasteiger charge is 2.06. The van der Waals surface area contributed by atoms with E-state index in [-0.39, 0.29) is 0 Å². The average Bonchev–Trinajstić information content (AvgIpc) is 2.91. The van der Waals surface area contributed by atoms with E-state index in [1.807, 2.05) is 24.3 Å². The molecule has 0 fully saturated rings. The molecule has 0 unspecified atom stereocenters. The van der Waals surface area contributed by atoms with E-state index in [4.69, 9.17) is 0 Å². The van der Waals surface area contributed by atoms with Crippen LogP contribution in [0.2, 0.25) is 0 Å². The summed E-state index contributed by atoms with van der Waals surface area (Å²) < 4.78 is 53.2. The van der Waals surface area contributed by atoms with Crippen molar-refractivity contribution in [1.82, 2.24) is 0 Å². The van der Waals surface area contributed by atoms with Gasteiger partial charge in [-0.1, -0.05) is 92.8 Å². The predicted molar refractivity (Wildman–Crippen MR) is 143 cm³/mol. The van der Waals surface area contributed by atoms with E-state index in [2.05, 4.69) is 24.3 Å². The van der Waals surface area contributed by atoms with E-state index in [1.165, 1.54) is 55.4 Å². The first kappa shape index (κ1) is 26.7. The maximum absolute atomic E-state index is 13.5. The third-order valence-electron chi connectivity index (χ3n) is 6.84. The zero-order chi connectivity index (χ0) is 26.0. The second-order valence-corrected chi connectivity index (χ2v) is 9.63. The number of hydrogen-bond acceptors (Lipinski definition) is 0. The Morgan fingerprint density at radius 1 is 0.324 bits per heavy atom. The molecule has 0 saturated carbocycles. The normalized spacial score (nSPS) is 11.1. The molecule has 0 aliphatic rings. The monoisotopic (exact) mass is 504 g/mol. The van der Waals surface area contributed by atoms with Gasteiger partial charge in [0.05, 0.1) is 0 Å². The minimum absolute atomic E-state index is 0.684. The van der Waals surface area contributed by atoms with Crippen LogP contribution in [-0.2, 0) is 12.8 Å². The minimum Gasteiger partial charge on any atom is -0.204 e. The van der Waals surface area contributed by atoms with Crippen molar-refractivity contribution in [2.75, 3.05) is 0 Å². The van der Waals surface area contributed by atoms with E-state index in [0.29, 0.717) is 11.1 Å². The molecule has 4 heteroatoms. The zero-order valence-electron chi connectivity index (χ0n) is 21.0. The number of rotatable bonds is 12. The Labute approximate surface area is 217 Å². The number of hydrogen-bond donors (Lipinski definition) is 0. The van der Waals surface area contributed by atoms with Gasteiger partial charge in [-0.25, -0.2) is 17.6 Å². The second kappa shape index (κ2) is 13.2. The lowest BCUT2D eigenvalue weighted by atomic mass is 9.99. The summed E-state index contributed by atoms with van der Waals surface area (Å²) in [6.07, 6.45) is 10.5. The molecule has 0 spiro atoms. The van der Waals surface area contributed by atoms with Crippen LogP contribution in [0.5, 0.6) is 0 Å². The first-order chi connectivity index (χ1) is 18.0. The molecule has 37 heavy (non-hydrogen) atoms. The highest BCUT2D eigenvalue weighted by Crippen LogP contribution is 2.24. The fraction of sp³-hybridized carbons (Fsp3) is 0.273. The predicted octanol–water partition coefficient (Wildman–Crippen LogP) is 10.1. The van der Waals surface area contributed by atoms with Gasteiger partial charge in [0.25, 0.3) is 0 Å². The van der Waals surface area contributed by atoms with Gasteiger partial charge in [-0.2, -0.15) is 0 Å². The van der Waals surface area contributed by atoms with Gasteiger partial charge in [0.15, 0.2) is 23.3 Å². The Bertz CT molecular complexity index is 1180. The van der Waals surface area contributed by atoms with E-state index < -0.39 is 23.3 Å². The van der Waals surface area contributed by atoms with Gasteiger partial charge in [0.1, 0.15) is 0 Å². The van der Waals surface area contributed by atoms with Crippen LogP contribution >= 0.6 is 0 Å². The molecular weight excluding hydrogens is 472 g/mol. The highest BCUT2D eigenvalue weighted by atomic mass is 19.2. The summed E-state index contributed by atoms with van der Waals surface area (Å²) >= 11 is 0. The molecule has 192 valence electrons. The molecular formula is C33H32F4. The van der Waals surface area contributed by atoms with Gasteiger partial charge in [0, 0.05) is 0 Å². The summed E-state index contributed by atoms with van der Waals surface area (Å²) in [7, 11) is 0. The van der Waals surface area contributed by atoms with Crippen LogP contribution in [0.1, 0.15) is 56.1 Å². The molecule has 0 aromatic heterocycles. The molecule has 4 aromatic rings. The summed E-state index contributed by atoms with van der Waals surface area (Å²) in [6.45, 7) is 0. The number of unbranched alkanes of at least 4 members (excludes halogenated alkanes) is 6. The van der Waals surface area contributed by atoms with E-state index in [9.17, 15) is 17.6 Å². The SMILES string of the molecule is Fc1ccc(-c2ccc(CCCCCCCCCc3ccc(-c4ccc(F)c(F)c4)cc3)cc2)cc1F. The molecule has 0 radical (unpaired) electrons. The lowest BCUT2D eigenvalue weighted by Crippen LogP contribution is -1.89. The van der Waals surface area contributed by atoms with Gasteiger partial charge < -0.3 is 0 Å². The van der Waals surface area contributed by atoms with Crippen molar-refractivity contribution in [2.24, 2.45) is 0 Å². The number of benzene rings is 4. The summed E-state index contributed by atoms with van der Waals surface area (Å²) in [5.74, 6) is -3.29. The van der Waals surface area contributed by atoms with Gasteiger partial charge in [0.2, 0.25) is 0 Å². The van der Waals surface area contributed by atoms with Gasteiger partial charge in [-0.15, -0.1) is 0 Å². The summed E-state index contributed by atoms with van der Waals surface area (Å²) in [6, 6.07) is 24.2. The molecule has 0 N–H and O–H groups in total. The fourth-order valence-corrected chi connectivity index (χ4v) is 4.62. The van der Waals surface area contributed by atoms with Crippen LogP contribution in [0.4, 0.5) is 17.6 Å². The smallest absolute Gasteiger partial charge is 0.159 e. The van der Waals surface area contributed by atoms with Crippen LogP contribution in [0.3, 0.4) is 0 Å². The average molecular weight is 505 g/mol. The van der Waals surface area contributed by atoms with Crippen LogP contribution in [0.25, 0.3) is 22.3 Å². The Hall–Kier alpha value is -3.40. The lowest BCUT2D eigenvalue weighted by Gasteiger charge is -2.07. The zero-order valence-corrected chi connectivity index (χ0v) is 21.0. The minimum atomic E-state index is -0.825. The first-order valence-corrected chi connectivity index (χ1v) is 13.1. The molecule has 0 nitrogen and oxygen atoms in total. The molecule has 0 amide bonds. The van der Waals surface area contributed by atoms with Crippen molar-refractivity contribution in [1.29, 1.82) is 0 Å². The maximum Gasteiger partial charge on any atom is 0.159 e. The van der Waals surface area contributed by atoms with E-state index in [0.717, 1.165) is 48.9 Å². The Morgan fingerprint density at radius 2 is 0.649 bits per heavy atom. The fourth-order valence-electron chi connectivity index (χ4n) is 4.62. The lowest BCUT2D eigenvalue weighted by molar-refractivity contribution is 0.509. The van der Waals surface area contributed by atoms with Gasteiger partial charge >= 0.3 is 0 Å². The van der Waals surface area contributed by atoms with Crippen molar-refractivity contribution in [2.45, 2.75) is 57.8 Å². The third-order valence-corrected chi connectivity index (χ3v) is 6.84. The molecule has 4 aromatic carbocycles. The first-order valence-electron chi connectivity index (χ1n) is 13.1. The molecule has 0 heterocycles. The standard InChI is InChI=1S/C33H32F4/c34-30-20-18-28(22-32(30)36)26-14-10-24(11-15-26)8-6-4-2-1-3-5-7-9-25-12-16-27(17-13-25)29-19-21-31(35)33(37)23-29/h10-23H,1-9H2. The topological polar surface area (TPSA) is 0 Å². The Morgan fingerprint density at radius 3 is 1.00 bits per heavy atom. The third kappa shape index (κ3) is 7.79. The van der Waals surface area contributed by atoms with Crippen LogP contribution in [-0.4, -0.2) is 0 Å². The van der Waals surface area contributed by atoms with Crippen LogP contribution in [0.15, 0.2) is 84.9 Å². The Kier molecular flexibility index (Phi) is 9.53. The van der Waals surface area contributed by atoms with Gasteiger partial charge in [-0.3, -0.25) is 0 Å². The number of aryl methyl sites for hydroxylation is 2. The van der Waals surface area contributed by atoms with Crippen molar-refractivity contribution in [3.8, 4) is 22.3 Å². The van der Waals surface area contributed by atoms with Crippen LogP contribution in [0, 0.1) is 23.3 Å². The van der Waals surface area contributed by atoms with E-state index >= 15 is 0 Å². The molecule has 4 rings (SSSR count). The van der Waals surface area contributed by atoms with Crippen LogP contribution < -0.4 is 0 Å². The summed E-state index contributed by atoms with van der Waals surface area (Å²) in [5.41, 5.74) is 5.68. The second-order valence-electron chi connectivity index (χ2n) is 9.63. The van der Waals surface area contributed by atoms with E-state index in [1.54, 1.807) is 12.1 Å². The summed E-state index contributed by atoms with van der Waals surface area (Å²) in [4.78, 5) is 0. The quantitative estimate of drug-likeness (QED) is 0.133. The van der Waals surface area contributed by atoms with Crippen molar-refractivity contribution in [3.63, 3.8) is 0 Å². The molecule has 0 bridgehead atoms. The maximum atomic E-state index is 13.5. The highest BCUT2D eigenvalue weighted by molar-refractivity contribution is 5.64. The largest absolute Gasteiger partial charge is 0.204 e. The molecule has 0 atom stereocenters. The van der Waals surface area contributed by atoms with Gasteiger partial charge in [-0.05, 0) is 83.3 Å². The molecule has 0 saturated heterocycles. The number of halogens is 4. The molecule has 0 aliphatic carbocycles. The van der Waals surface area contributed by atoms with Crippen molar-refractivity contribution < 1.29 is 17.6 Å².